The molecule has 2 aromatic rings. The summed E-state index contributed by atoms with van der Waals surface area (Å²) < 4.78 is 39.8. The van der Waals surface area contributed by atoms with Crippen molar-refractivity contribution in [2.24, 2.45) is 0 Å². The molecule has 0 aliphatic heterocycles. The third kappa shape index (κ3) is 5.28. The number of nitrogens with one attached hydrogen (secondary N) is 1. The molecule has 0 radical (unpaired) electrons. The van der Waals surface area contributed by atoms with Crippen LogP contribution in [0.15, 0.2) is 54.7 Å². The number of hydrogen-bond acceptors (Lipinski definition) is 3. The molecule has 0 bridgehead atoms. The molecule has 0 unspecified atom stereocenters. The van der Waals surface area contributed by atoms with E-state index in [0.29, 0.717) is 11.4 Å². The summed E-state index contributed by atoms with van der Waals surface area (Å²) in [6.45, 7) is 0. The highest BCUT2D eigenvalue weighted by Crippen LogP contribution is 2.23. The van der Waals surface area contributed by atoms with E-state index in [1.807, 2.05) is 0 Å². The predicted molar refractivity (Wildman–Crippen MR) is 75.0 cm³/mol. The zero-order valence-corrected chi connectivity index (χ0v) is 11.2. The Labute approximate surface area is 124 Å². The lowest BCUT2D eigenvalue weighted by molar-refractivity contribution is -0.274. The van der Waals surface area contributed by atoms with Gasteiger partial charge in [-0.25, -0.2) is 0 Å². The Morgan fingerprint density at radius 2 is 1.86 bits per heavy atom. The maximum Gasteiger partial charge on any atom is 0.573 e. The largest absolute Gasteiger partial charge is 0.573 e. The van der Waals surface area contributed by atoms with Crippen molar-refractivity contribution >= 4 is 17.7 Å². The smallest absolute Gasteiger partial charge is 0.406 e. The summed E-state index contributed by atoms with van der Waals surface area (Å²) in [4.78, 5) is 15.7. The zero-order chi connectivity index (χ0) is 16.0. The SMILES string of the molecule is O=C(/C=C/c1ccccn1)Nc1ccc(OC(F)(F)F)cc1. The van der Waals surface area contributed by atoms with E-state index in [4.69, 9.17) is 0 Å². The van der Waals surface area contributed by atoms with Crippen molar-refractivity contribution < 1.29 is 22.7 Å². The van der Waals surface area contributed by atoms with Gasteiger partial charge in [0.15, 0.2) is 0 Å². The van der Waals surface area contributed by atoms with Gasteiger partial charge in [-0.05, 0) is 42.5 Å². The minimum atomic E-state index is -4.74. The van der Waals surface area contributed by atoms with Crippen LogP contribution in [0.5, 0.6) is 5.75 Å². The van der Waals surface area contributed by atoms with Crippen LogP contribution in [0.3, 0.4) is 0 Å². The average Bonchev–Trinajstić information content (AvgIpc) is 2.47. The van der Waals surface area contributed by atoms with Crippen LogP contribution in [0.1, 0.15) is 5.69 Å². The summed E-state index contributed by atoms with van der Waals surface area (Å²) in [5.74, 6) is -0.773. The van der Waals surface area contributed by atoms with E-state index in [0.717, 1.165) is 12.1 Å². The first-order valence-electron chi connectivity index (χ1n) is 6.18. The highest BCUT2D eigenvalue weighted by atomic mass is 19.4. The van der Waals surface area contributed by atoms with Crippen molar-refractivity contribution in [1.29, 1.82) is 0 Å². The van der Waals surface area contributed by atoms with Gasteiger partial charge in [-0.3, -0.25) is 9.78 Å². The molecule has 22 heavy (non-hydrogen) atoms. The molecule has 0 atom stereocenters. The Balaban J connectivity index is 1.93. The summed E-state index contributed by atoms with van der Waals surface area (Å²) >= 11 is 0. The third-order valence-corrected chi connectivity index (χ3v) is 2.45. The maximum absolute atomic E-state index is 12.0. The molecule has 114 valence electrons. The minimum absolute atomic E-state index is 0.352. The number of rotatable bonds is 4. The van der Waals surface area contributed by atoms with Gasteiger partial charge in [0.2, 0.25) is 5.91 Å². The van der Waals surface area contributed by atoms with Gasteiger partial charge in [-0.15, -0.1) is 13.2 Å². The number of amides is 1. The van der Waals surface area contributed by atoms with E-state index in [1.165, 1.54) is 24.3 Å². The minimum Gasteiger partial charge on any atom is -0.406 e. The van der Waals surface area contributed by atoms with Crippen LogP contribution in [0.2, 0.25) is 0 Å². The number of anilines is 1. The number of carbonyl (C=O) groups is 1. The fourth-order valence-electron chi connectivity index (χ4n) is 1.56. The first-order valence-corrected chi connectivity index (χ1v) is 6.18. The van der Waals surface area contributed by atoms with Crippen LogP contribution >= 0.6 is 0 Å². The Kier molecular flexibility index (Phi) is 4.77. The predicted octanol–water partition coefficient (Wildman–Crippen LogP) is 3.63. The lowest BCUT2D eigenvalue weighted by atomic mass is 10.3. The molecule has 1 N–H and O–H groups in total. The molecule has 0 fully saturated rings. The Morgan fingerprint density at radius 3 is 2.45 bits per heavy atom. The van der Waals surface area contributed by atoms with Gasteiger partial charge in [0, 0.05) is 18.0 Å². The lowest BCUT2D eigenvalue weighted by Crippen LogP contribution is -2.17. The summed E-state index contributed by atoms with van der Waals surface area (Å²) in [6.07, 6.45) is -0.341. The molecule has 1 amide bonds. The topological polar surface area (TPSA) is 51.2 Å². The molecular weight excluding hydrogens is 297 g/mol. The number of ether oxygens (including phenoxy) is 1. The highest BCUT2D eigenvalue weighted by molar-refractivity contribution is 6.01. The monoisotopic (exact) mass is 308 g/mol. The van der Waals surface area contributed by atoms with Gasteiger partial charge < -0.3 is 10.1 Å². The standard InChI is InChI=1S/C15H11F3N2O2/c16-15(17,18)22-13-7-4-12(5-8-13)20-14(21)9-6-11-3-1-2-10-19-11/h1-10H,(H,20,21)/b9-6+. The lowest BCUT2D eigenvalue weighted by Gasteiger charge is -2.09. The Bertz CT molecular complexity index is 653. The quantitative estimate of drug-likeness (QED) is 0.878. The fraction of sp³-hybridized carbons (Fsp3) is 0.0667. The first-order chi connectivity index (χ1) is 10.4. The van der Waals surface area contributed by atoms with Crippen LogP contribution < -0.4 is 10.1 Å². The Morgan fingerprint density at radius 1 is 1.14 bits per heavy atom. The van der Waals surface area contributed by atoms with Gasteiger partial charge in [0.05, 0.1) is 5.69 Å². The summed E-state index contributed by atoms with van der Waals surface area (Å²) in [5, 5.41) is 2.51. The molecule has 2 rings (SSSR count). The van der Waals surface area contributed by atoms with Crippen molar-refractivity contribution in [3.8, 4) is 5.75 Å². The Hall–Kier alpha value is -2.83. The van der Waals surface area contributed by atoms with Crippen molar-refractivity contribution in [1.82, 2.24) is 4.98 Å². The van der Waals surface area contributed by atoms with Crippen molar-refractivity contribution in [2.75, 3.05) is 5.32 Å². The van der Waals surface area contributed by atoms with E-state index in [-0.39, 0.29) is 5.75 Å². The molecule has 0 saturated heterocycles. The molecule has 4 nitrogen and oxygen atoms in total. The second-order valence-electron chi connectivity index (χ2n) is 4.15. The van der Waals surface area contributed by atoms with Gasteiger partial charge in [0.1, 0.15) is 5.75 Å². The second-order valence-corrected chi connectivity index (χ2v) is 4.15. The second kappa shape index (κ2) is 6.75. The number of halogens is 3. The molecular formula is C15H11F3N2O2. The van der Waals surface area contributed by atoms with Crippen LogP contribution in [-0.4, -0.2) is 17.3 Å². The number of benzene rings is 1. The van der Waals surface area contributed by atoms with E-state index in [1.54, 1.807) is 24.4 Å². The average molecular weight is 308 g/mol. The van der Waals surface area contributed by atoms with Gasteiger partial charge in [-0.1, -0.05) is 6.07 Å². The van der Waals surface area contributed by atoms with Crippen molar-refractivity contribution in [3.63, 3.8) is 0 Å². The third-order valence-electron chi connectivity index (χ3n) is 2.45. The van der Waals surface area contributed by atoms with E-state index in [2.05, 4.69) is 15.0 Å². The van der Waals surface area contributed by atoms with Crippen molar-refractivity contribution in [2.45, 2.75) is 6.36 Å². The molecule has 0 saturated carbocycles. The van der Waals surface area contributed by atoms with Gasteiger partial charge >= 0.3 is 6.36 Å². The number of nitrogens with zero attached hydrogens (tertiary/aromatic N) is 1. The normalized spacial score (nSPS) is 11.4. The molecule has 1 heterocycles. The highest BCUT2D eigenvalue weighted by Gasteiger charge is 2.30. The van der Waals surface area contributed by atoms with Gasteiger partial charge in [0.25, 0.3) is 0 Å². The van der Waals surface area contributed by atoms with Crippen LogP contribution in [0.4, 0.5) is 18.9 Å². The first kappa shape index (κ1) is 15.6. The van der Waals surface area contributed by atoms with E-state index >= 15 is 0 Å². The number of hydrogen-bond donors (Lipinski definition) is 1. The van der Waals surface area contributed by atoms with Crippen LogP contribution in [0.25, 0.3) is 6.08 Å². The molecule has 1 aromatic carbocycles. The zero-order valence-electron chi connectivity index (χ0n) is 11.2. The molecule has 1 aromatic heterocycles. The summed E-state index contributed by atoms with van der Waals surface area (Å²) in [5.41, 5.74) is 0.969. The van der Waals surface area contributed by atoms with Gasteiger partial charge in [-0.2, -0.15) is 0 Å². The summed E-state index contributed by atoms with van der Waals surface area (Å²) in [7, 11) is 0. The summed E-state index contributed by atoms with van der Waals surface area (Å²) in [6, 6.07) is 10.1. The number of aromatic nitrogens is 1. The maximum atomic E-state index is 12.0. The van der Waals surface area contributed by atoms with Crippen LogP contribution in [0, 0.1) is 0 Å². The number of carbonyl (C=O) groups excluding carboxylic acids is 1. The van der Waals surface area contributed by atoms with Crippen molar-refractivity contribution in [3.05, 3.63) is 60.4 Å². The number of pyridine rings is 1. The molecule has 0 aliphatic rings. The van der Waals surface area contributed by atoms with E-state index < -0.39 is 12.3 Å². The molecule has 0 aliphatic carbocycles. The van der Waals surface area contributed by atoms with Crippen LogP contribution in [-0.2, 0) is 4.79 Å². The fourth-order valence-corrected chi connectivity index (χ4v) is 1.56. The van der Waals surface area contributed by atoms with E-state index in [9.17, 15) is 18.0 Å². The number of alkyl halides is 3. The molecule has 7 heteroatoms. The molecule has 0 spiro atoms.